The molecule has 2 aromatic rings. The largest absolute Gasteiger partial charge is 0.237 e. The van der Waals surface area contributed by atoms with Gasteiger partial charge in [0.25, 0.3) is 0 Å². The molecule has 0 saturated carbocycles. The van der Waals surface area contributed by atoms with E-state index < -0.39 is 0 Å². The molecule has 0 aliphatic rings. The number of benzene rings is 1. The van der Waals surface area contributed by atoms with Crippen molar-refractivity contribution in [2.24, 2.45) is 0 Å². The van der Waals surface area contributed by atoms with Crippen LogP contribution in [0.4, 0.5) is 4.39 Å². The van der Waals surface area contributed by atoms with E-state index in [4.69, 9.17) is 0 Å². The number of hydrogen-bond donors (Lipinski definition) is 0. The topological polar surface area (TPSA) is 25.8 Å². The fraction of sp³-hybridized carbons (Fsp3) is 0. The Bertz CT molecular complexity index is 383. The van der Waals surface area contributed by atoms with E-state index in [-0.39, 0.29) is 5.82 Å². The highest BCUT2D eigenvalue weighted by Gasteiger charge is 1.98. The van der Waals surface area contributed by atoms with Crippen LogP contribution in [0.5, 0.6) is 0 Å². The van der Waals surface area contributed by atoms with E-state index in [0.29, 0.717) is 5.82 Å². The van der Waals surface area contributed by atoms with Crippen LogP contribution in [-0.4, -0.2) is 9.97 Å². The lowest BCUT2D eigenvalue weighted by Gasteiger charge is -1.96. The van der Waals surface area contributed by atoms with Crippen LogP contribution >= 0.6 is 0 Å². The molecule has 0 amide bonds. The Labute approximate surface area is 75.1 Å². The van der Waals surface area contributed by atoms with Gasteiger partial charge in [-0.05, 0) is 30.3 Å². The summed E-state index contributed by atoms with van der Waals surface area (Å²) >= 11 is 0. The van der Waals surface area contributed by atoms with Crippen LogP contribution in [0.1, 0.15) is 0 Å². The Hall–Kier alpha value is -1.77. The lowest BCUT2D eigenvalue weighted by molar-refractivity contribution is 0.628. The molecule has 0 atom stereocenters. The number of nitrogens with zero attached hydrogens (tertiary/aromatic N) is 2. The maximum absolute atomic E-state index is 12.6. The molecule has 63 valence electrons. The normalized spacial score (nSPS) is 9.92. The van der Waals surface area contributed by atoms with E-state index in [1.165, 1.54) is 12.1 Å². The number of rotatable bonds is 1. The second-order valence-electron chi connectivity index (χ2n) is 2.52. The third-order valence-corrected chi connectivity index (χ3v) is 1.62. The van der Waals surface area contributed by atoms with Gasteiger partial charge in [0.15, 0.2) is 5.82 Å². The van der Waals surface area contributed by atoms with Crippen LogP contribution in [0.15, 0.2) is 36.5 Å². The highest BCUT2D eigenvalue weighted by atomic mass is 19.1. The molecule has 0 saturated heterocycles. The van der Waals surface area contributed by atoms with Gasteiger partial charge in [0.2, 0.25) is 0 Å². The number of aromatic nitrogens is 2. The van der Waals surface area contributed by atoms with Gasteiger partial charge in [0, 0.05) is 11.8 Å². The third kappa shape index (κ3) is 1.69. The zero-order chi connectivity index (χ0) is 9.10. The lowest BCUT2D eigenvalue weighted by atomic mass is 10.2. The van der Waals surface area contributed by atoms with Crippen molar-refractivity contribution in [3.63, 3.8) is 0 Å². The SMILES string of the molecule is Fc1ccc(-c2n[c]ccn2)cc1. The van der Waals surface area contributed by atoms with Gasteiger partial charge in [-0.2, -0.15) is 0 Å². The first-order valence-corrected chi connectivity index (χ1v) is 3.81. The summed E-state index contributed by atoms with van der Waals surface area (Å²) in [5.74, 6) is 0.297. The summed E-state index contributed by atoms with van der Waals surface area (Å²) in [6.45, 7) is 0. The molecule has 1 aromatic carbocycles. The molecule has 0 N–H and O–H groups in total. The monoisotopic (exact) mass is 173 g/mol. The van der Waals surface area contributed by atoms with E-state index in [1.54, 1.807) is 24.4 Å². The predicted octanol–water partition coefficient (Wildman–Crippen LogP) is 2.08. The van der Waals surface area contributed by atoms with Crippen molar-refractivity contribution in [1.82, 2.24) is 9.97 Å². The summed E-state index contributed by atoms with van der Waals surface area (Å²) in [5, 5.41) is 0. The van der Waals surface area contributed by atoms with Crippen molar-refractivity contribution >= 4 is 0 Å². The van der Waals surface area contributed by atoms with Crippen LogP contribution in [0.2, 0.25) is 0 Å². The summed E-state index contributed by atoms with van der Waals surface area (Å²) in [6, 6.07) is 7.65. The second-order valence-corrected chi connectivity index (χ2v) is 2.52. The van der Waals surface area contributed by atoms with Gasteiger partial charge in [-0.15, -0.1) is 0 Å². The van der Waals surface area contributed by atoms with Crippen LogP contribution < -0.4 is 0 Å². The number of halogens is 1. The van der Waals surface area contributed by atoms with Gasteiger partial charge in [0.05, 0.1) is 6.20 Å². The Morgan fingerprint density at radius 2 is 1.92 bits per heavy atom. The van der Waals surface area contributed by atoms with Crippen molar-refractivity contribution in [3.8, 4) is 11.4 Å². The maximum Gasteiger partial charge on any atom is 0.159 e. The maximum atomic E-state index is 12.6. The number of hydrogen-bond acceptors (Lipinski definition) is 2. The van der Waals surface area contributed by atoms with Crippen LogP contribution in [0, 0.1) is 12.0 Å². The predicted molar refractivity (Wildman–Crippen MR) is 46.3 cm³/mol. The van der Waals surface area contributed by atoms with Crippen molar-refractivity contribution in [3.05, 3.63) is 48.5 Å². The van der Waals surface area contributed by atoms with E-state index in [2.05, 4.69) is 16.2 Å². The molecule has 3 heteroatoms. The van der Waals surface area contributed by atoms with Crippen molar-refractivity contribution in [1.29, 1.82) is 0 Å². The minimum Gasteiger partial charge on any atom is -0.237 e. The van der Waals surface area contributed by atoms with Gasteiger partial charge in [-0.1, -0.05) is 0 Å². The van der Waals surface area contributed by atoms with E-state index >= 15 is 0 Å². The van der Waals surface area contributed by atoms with Crippen molar-refractivity contribution in [2.45, 2.75) is 0 Å². The highest BCUT2D eigenvalue weighted by molar-refractivity contribution is 5.53. The zero-order valence-corrected chi connectivity index (χ0v) is 6.74. The highest BCUT2D eigenvalue weighted by Crippen LogP contribution is 2.13. The minimum atomic E-state index is -0.260. The first-order valence-electron chi connectivity index (χ1n) is 3.81. The molecule has 0 unspecified atom stereocenters. The molecule has 2 rings (SSSR count). The average molecular weight is 173 g/mol. The van der Waals surface area contributed by atoms with Crippen LogP contribution in [-0.2, 0) is 0 Å². The standard InChI is InChI=1S/C10H6FN2/c11-9-4-2-8(3-5-9)10-12-6-1-7-13-10/h1-6H. The molecule has 1 radical (unpaired) electrons. The second kappa shape index (κ2) is 3.31. The Morgan fingerprint density at radius 3 is 2.54 bits per heavy atom. The van der Waals surface area contributed by atoms with Gasteiger partial charge in [-0.3, -0.25) is 0 Å². The fourth-order valence-electron chi connectivity index (χ4n) is 1.01. The Balaban J connectivity index is 2.42. The van der Waals surface area contributed by atoms with Crippen LogP contribution in [0.3, 0.4) is 0 Å². The average Bonchev–Trinajstić information content (AvgIpc) is 2.20. The lowest BCUT2D eigenvalue weighted by Crippen LogP contribution is -1.86. The molecule has 0 aliphatic heterocycles. The van der Waals surface area contributed by atoms with Crippen molar-refractivity contribution < 1.29 is 4.39 Å². The summed E-state index contributed by atoms with van der Waals surface area (Å²) < 4.78 is 12.6. The molecule has 1 heterocycles. The Morgan fingerprint density at radius 1 is 1.15 bits per heavy atom. The van der Waals surface area contributed by atoms with Crippen molar-refractivity contribution in [2.75, 3.05) is 0 Å². The molecule has 13 heavy (non-hydrogen) atoms. The third-order valence-electron chi connectivity index (χ3n) is 1.62. The van der Waals surface area contributed by atoms with E-state index in [9.17, 15) is 4.39 Å². The Kier molecular flexibility index (Phi) is 2.00. The fourth-order valence-corrected chi connectivity index (χ4v) is 1.01. The molecule has 0 fully saturated rings. The molecule has 1 aromatic heterocycles. The molecule has 0 spiro atoms. The molecular weight excluding hydrogens is 167 g/mol. The smallest absolute Gasteiger partial charge is 0.159 e. The summed E-state index contributed by atoms with van der Waals surface area (Å²) in [6.07, 6.45) is 4.27. The summed E-state index contributed by atoms with van der Waals surface area (Å²) in [5.41, 5.74) is 0.790. The molecular formula is C10H6FN2. The molecule has 0 bridgehead atoms. The zero-order valence-electron chi connectivity index (χ0n) is 6.74. The quantitative estimate of drug-likeness (QED) is 0.659. The van der Waals surface area contributed by atoms with Gasteiger partial charge in [-0.25, -0.2) is 14.4 Å². The first kappa shape index (κ1) is 7.86. The van der Waals surface area contributed by atoms with Gasteiger partial charge >= 0.3 is 0 Å². The summed E-state index contributed by atoms with van der Waals surface area (Å²) in [4.78, 5) is 7.93. The van der Waals surface area contributed by atoms with Gasteiger partial charge < -0.3 is 0 Å². The summed E-state index contributed by atoms with van der Waals surface area (Å²) in [7, 11) is 0. The van der Waals surface area contributed by atoms with Gasteiger partial charge in [0.1, 0.15) is 5.82 Å². The molecule has 2 nitrogen and oxygen atoms in total. The first-order chi connectivity index (χ1) is 6.36. The van der Waals surface area contributed by atoms with E-state index in [0.717, 1.165) is 5.56 Å². The van der Waals surface area contributed by atoms with E-state index in [1.807, 2.05) is 0 Å². The van der Waals surface area contributed by atoms with Crippen LogP contribution in [0.25, 0.3) is 11.4 Å². The molecule has 0 aliphatic carbocycles. The minimum absolute atomic E-state index is 0.260.